The standard InChI is InChI=1S/C11H8N2O2/c1-6-4-9(14)15-8-3-2-7-5-12-13-11(7)10(6)8/h2-5H,1H3,(H,12,13). The number of H-pyrrole nitrogens is 1. The molecule has 1 N–H and O–H groups in total. The molecule has 1 aromatic carbocycles. The maximum Gasteiger partial charge on any atom is 0.336 e. The Hall–Kier alpha value is -2.10. The van der Waals surface area contributed by atoms with Crippen molar-refractivity contribution in [2.75, 3.05) is 0 Å². The van der Waals surface area contributed by atoms with Crippen LogP contribution in [0.3, 0.4) is 0 Å². The lowest BCUT2D eigenvalue weighted by Crippen LogP contribution is -1.97. The van der Waals surface area contributed by atoms with E-state index in [1.165, 1.54) is 6.07 Å². The number of aryl methyl sites for hydroxylation is 1. The molecule has 4 nitrogen and oxygen atoms in total. The molecule has 0 aliphatic rings. The molecular weight excluding hydrogens is 192 g/mol. The van der Waals surface area contributed by atoms with Crippen LogP contribution in [-0.4, -0.2) is 10.2 Å². The lowest BCUT2D eigenvalue weighted by atomic mass is 10.1. The Labute approximate surface area is 84.5 Å². The van der Waals surface area contributed by atoms with Crippen LogP contribution in [0.2, 0.25) is 0 Å². The molecule has 0 unspecified atom stereocenters. The lowest BCUT2D eigenvalue weighted by molar-refractivity contribution is 0.560. The molecule has 0 amide bonds. The van der Waals surface area contributed by atoms with E-state index < -0.39 is 0 Å². The first kappa shape index (κ1) is 8.23. The summed E-state index contributed by atoms with van der Waals surface area (Å²) in [5.41, 5.74) is 2.08. The van der Waals surface area contributed by atoms with Gasteiger partial charge in [0.25, 0.3) is 0 Å². The Morgan fingerprint density at radius 2 is 2.27 bits per heavy atom. The Morgan fingerprint density at radius 3 is 3.13 bits per heavy atom. The van der Waals surface area contributed by atoms with E-state index in [9.17, 15) is 4.79 Å². The van der Waals surface area contributed by atoms with Crippen LogP contribution >= 0.6 is 0 Å². The van der Waals surface area contributed by atoms with Crippen molar-refractivity contribution in [3.8, 4) is 0 Å². The molecule has 0 atom stereocenters. The van der Waals surface area contributed by atoms with Crippen molar-refractivity contribution in [3.63, 3.8) is 0 Å². The predicted octanol–water partition coefficient (Wildman–Crippen LogP) is 1.98. The Morgan fingerprint density at radius 1 is 1.40 bits per heavy atom. The van der Waals surface area contributed by atoms with Crippen LogP contribution in [0.5, 0.6) is 0 Å². The van der Waals surface area contributed by atoms with Gasteiger partial charge in [-0.05, 0) is 24.6 Å². The average Bonchev–Trinajstić information content (AvgIpc) is 2.63. The molecule has 4 heteroatoms. The summed E-state index contributed by atoms with van der Waals surface area (Å²) in [6.45, 7) is 1.89. The Balaban J connectivity index is 2.68. The second-order valence-electron chi connectivity index (χ2n) is 3.52. The highest BCUT2D eigenvalue weighted by atomic mass is 16.4. The van der Waals surface area contributed by atoms with Crippen LogP contribution in [0.4, 0.5) is 0 Å². The second kappa shape index (κ2) is 2.70. The highest BCUT2D eigenvalue weighted by Crippen LogP contribution is 2.24. The largest absolute Gasteiger partial charge is 0.423 e. The fourth-order valence-corrected chi connectivity index (χ4v) is 1.86. The minimum Gasteiger partial charge on any atom is -0.423 e. The lowest BCUT2D eigenvalue weighted by Gasteiger charge is -2.00. The molecule has 3 rings (SSSR count). The minimum atomic E-state index is -0.320. The molecular formula is C11H8N2O2. The molecule has 15 heavy (non-hydrogen) atoms. The Bertz CT molecular complexity index is 709. The molecule has 0 aliphatic heterocycles. The van der Waals surface area contributed by atoms with Crippen molar-refractivity contribution < 1.29 is 4.42 Å². The van der Waals surface area contributed by atoms with Gasteiger partial charge in [-0.3, -0.25) is 5.10 Å². The molecule has 0 saturated heterocycles. The van der Waals surface area contributed by atoms with Gasteiger partial charge in [0.05, 0.1) is 11.7 Å². The molecule has 3 aromatic rings. The zero-order valence-electron chi connectivity index (χ0n) is 8.07. The number of aromatic amines is 1. The smallest absolute Gasteiger partial charge is 0.336 e. The summed E-state index contributed by atoms with van der Waals surface area (Å²) in [5, 5.41) is 8.82. The van der Waals surface area contributed by atoms with Gasteiger partial charge in [-0.1, -0.05) is 0 Å². The summed E-state index contributed by atoms with van der Waals surface area (Å²) in [6, 6.07) is 5.16. The molecule has 0 saturated carbocycles. The van der Waals surface area contributed by atoms with Crippen molar-refractivity contribution in [1.29, 1.82) is 0 Å². The van der Waals surface area contributed by atoms with Crippen LogP contribution in [-0.2, 0) is 0 Å². The molecule has 74 valence electrons. The van der Waals surface area contributed by atoms with Crippen LogP contribution < -0.4 is 5.63 Å². The number of nitrogens with zero attached hydrogens (tertiary/aromatic N) is 1. The molecule has 0 fully saturated rings. The first-order valence-corrected chi connectivity index (χ1v) is 4.62. The summed E-state index contributed by atoms with van der Waals surface area (Å²) < 4.78 is 5.12. The van der Waals surface area contributed by atoms with E-state index in [1.54, 1.807) is 12.3 Å². The molecule has 0 radical (unpaired) electrons. The van der Waals surface area contributed by atoms with E-state index in [-0.39, 0.29) is 5.63 Å². The fraction of sp³-hybridized carbons (Fsp3) is 0.0909. The quantitative estimate of drug-likeness (QED) is 0.564. The monoisotopic (exact) mass is 200 g/mol. The van der Waals surface area contributed by atoms with Gasteiger partial charge in [0.2, 0.25) is 0 Å². The second-order valence-corrected chi connectivity index (χ2v) is 3.52. The summed E-state index contributed by atoms with van der Waals surface area (Å²) in [6.07, 6.45) is 1.75. The third-order valence-corrected chi connectivity index (χ3v) is 2.52. The highest BCUT2D eigenvalue weighted by molar-refractivity contribution is 6.04. The average molecular weight is 200 g/mol. The molecule has 0 spiro atoms. The van der Waals surface area contributed by atoms with Crippen LogP contribution in [0, 0.1) is 6.92 Å². The van der Waals surface area contributed by atoms with E-state index in [1.807, 2.05) is 13.0 Å². The molecule has 2 heterocycles. The van der Waals surface area contributed by atoms with Crippen molar-refractivity contribution in [2.45, 2.75) is 6.92 Å². The zero-order valence-corrected chi connectivity index (χ0v) is 8.07. The first-order chi connectivity index (χ1) is 7.25. The third-order valence-electron chi connectivity index (χ3n) is 2.52. The number of hydrogen-bond acceptors (Lipinski definition) is 3. The van der Waals surface area contributed by atoms with E-state index in [4.69, 9.17) is 4.42 Å². The van der Waals surface area contributed by atoms with E-state index >= 15 is 0 Å². The third kappa shape index (κ3) is 1.08. The highest BCUT2D eigenvalue weighted by Gasteiger charge is 2.07. The van der Waals surface area contributed by atoms with Gasteiger partial charge in [-0.2, -0.15) is 5.10 Å². The summed E-state index contributed by atoms with van der Waals surface area (Å²) in [7, 11) is 0. The fourth-order valence-electron chi connectivity index (χ4n) is 1.86. The number of aromatic nitrogens is 2. The van der Waals surface area contributed by atoms with Gasteiger partial charge in [-0.25, -0.2) is 4.79 Å². The predicted molar refractivity (Wildman–Crippen MR) is 56.9 cm³/mol. The molecule has 2 aromatic heterocycles. The molecule has 0 bridgehead atoms. The number of nitrogens with one attached hydrogen (secondary N) is 1. The minimum absolute atomic E-state index is 0.320. The molecule has 0 aliphatic carbocycles. The Kier molecular flexibility index (Phi) is 1.48. The van der Waals surface area contributed by atoms with Crippen molar-refractivity contribution in [2.24, 2.45) is 0 Å². The normalized spacial score (nSPS) is 11.3. The summed E-state index contributed by atoms with van der Waals surface area (Å²) in [4.78, 5) is 11.2. The van der Waals surface area contributed by atoms with Crippen molar-refractivity contribution in [3.05, 3.63) is 40.4 Å². The van der Waals surface area contributed by atoms with E-state index in [0.717, 1.165) is 21.9 Å². The van der Waals surface area contributed by atoms with Crippen LogP contribution in [0.1, 0.15) is 5.56 Å². The van der Waals surface area contributed by atoms with Gasteiger partial charge >= 0.3 is 5.63 Å². The summed E-state index contributed by atoms with van der Waals surface area (Å²) >= 11 is 0. The number of rotatable bonds is 0. The van der Waals surface area contributed by atoms with Gasteiger partial charge < -0.3 is 4.42 Å². The number of hydrogen-bond donors (Lipinski definition) is 1. The van der Waals surface area contributed by atoms with Crippen LogP contribution in [0.15, 0.2) is 33.6 Å². The maximum absolute atomic E-state index is 11.2. The maximum atomic E-state index is 11.2. The van der Waals surface area contributed by atoms with Gasteiger partial charge in [0.1, 0.15) is 5.58 Å². The topological polar surface area (TPSA) is 58.9 Å². The SMILES string of the molecule is Cc1cc(=O)oc2ccc3cn[nH]c3c12. The summed E-state index contributed by atoms with van der Waals surface area (Å²) in [5.74, 6) is 0. The zero-order chi connectivity index (χ0) is 10.4. The van der Waals surface area contributed by atoms with Gasteiger partial charge in [0, 0.05) is 16.8 Å². The van der Waals surface area contributed by atoms with Gasteiger partial charge in [-0.15, -0.1) is 0 Å². The van der Waals surface area contributed by atoms with Crippen molar-refractivity contribution in [1.82, 2.24) is 10.2 Å². The number of fused-ring (bicyclic) bond motifs is 3. The van der Waals surface area contributed by atoms with Crippen molar-refractivity contribution >= 4 is 21.9 Å². The van der Waals surface area contributed by atoms with Gasteiger partial charge in [0.15, 0.2) is 0 Å². The first-order valence-electron chi connectivity index (χ1n) is 4.62. The number of benzene rings is 1. The van der Waals surface area contributed by atoms with E-state index in [2.05, 4.69) is 10.2 Å². The van der Waals surface area contributed by atoms with E-state index in [0.29, 0.717) is 5.58 Å². The van der Waals surface area contributed by atoms with Crippen LogP contribution in [0.25, 0.3) is 21.9 Å².